The van der Waals surface area contributed by atoms with Crippen LogP contribution in [0.2, 0.25) is 0 Å². The molecule has 5 nitrogen and oxygen atoms in total. The van der Waals surface area contributed by atoms with Crippen molar-refractivity contribution in [3.63, 3.8) is 0 Å². The number of nitrogens with two attached hydrogens (primary N) is 1. The van der Waals surface area contributed by atoms with Gasteiger partial charge in [-0.15, -0.1) is 35.3 Å². The second kappa shape index (κ2) is 8.25. The van der Waals surface area contributed by atoms with Gasteiger partial charge in [0.05, 0.1) is 18.5 Å². The Labute approximate surface area is 139 Å². The van der Waals surface area contributed by atoms with E-state index in [-0.39, 0.29) is 24.0 Å². The summed E-state index contributed by atoms with van der Waals surface area (Å²) in [6, 6.07) is 4.07. The second-order valence-corrected chi connectivity index (χ2v) is 5.13. The Morgan fingerprint density at radius 3 is 3.05 bits per heavy atom. The molecule has 1 unspecified atom stereocenters. The van der Waals surface area contributed by atoms with Crippen LogP contribution in [0.15, 0.2) is 33.2 Å². The van der Waals surface area contributed by atoms with E-state index in [1.807, 2.05) is 17.5 Å². The Balaban J connectivity index is 0.00000200. The van der Waals surface area contributed by atoms with Crippen molar-refractivity contribution in [2.75, 3.05) is 0 Å². The van der Waals surface area contributed by atoms with Crippen LogP contribution in [0.5, 0.6) is 0 Å². The van der Waals surface area contributed by atoms with Crippen LogP contribution in [0.1, 0.15) is 26.0 Å². The van der Waals surface area contributed by atoms with Crippen LogP contribution in [0.4, 0.5) is 0 Å². The van der Waals surface area contributed by atoms with Crippen LogP contribution < -0.4 is 11.1 Å². The number of thiazole rings is 1. The number of halogens is 1. The smallest absolute Gasteiger partial charge is 0.189 e. The highest BCUT2D eigenvalue weighted by Gasteiger charge is 2.06. The van der Waals surface area contributed by atoms with Gasteiger partial charge in [-0.05, 0) is 25.5 Å². The molecule has 0 fully saturated rings. The molecule has 0 saturated carbocycles. The van der Waals surface area contributed by atoms with E-state index < -0.39 is 0 Å². The first kappa shape index (κ1) is 17.0. The summed E-state index contributed by atoms with van der Waals surface area (Å²) in [7, 11) is 0. The van der Waals surface area contributed by atoms with E-state index in [0.717, 1.165) is 22.9 Å². The number of hydrogen-bond acceptors (Lipinski definition) is 4. The van der Waals surface area contributed by atoms with Crippen LogP contribution in [-0.4, -0.2) is 17.0 Å². The largest absolute Gasteiger partial charge is 0.462 e. The van der Waals surface area contributed by atoms with Crippen LogP contribution in [-0.2, 0) is 6.54 Å². The Kier molecular flexibility index (Phi) is 7.00. The molecule has 2 rings (SSSR count). The summed E-state index contributed by atoms with van der Waals surface area (Å²) < 4.78 is 5.30. The first-order chi connectivity index (χ1) is 9.19. The van der Waals surface area contributed by atoms with Gasteiger partial charge in [0.15, 0.2) is 16.7 Å². The fourth-order valence-electron chi connectivity index (χ4n) is 1.46. The molecule has 7 heteroatoms. The molecule has 0 bridgehead atoms. The van der Waals surface area contributed by atoms with Gasteiger partial charge in [-0.2, -0.15) is 0 Å². The van der Waals surface area contributed by atoms with Gasteiger partial charge < -0.3 is 15.5 Å². The van der Waals surface area contributed by atoms with Gasteiger partial charge in [0.25, 0.3) is 0 Å². The Hall–Kier alpha value is -1.09. The summed E-state index contributed by atoms with van der Waals surface area (Å²) in [4.78, 5) is 8.73. The third-order valence-electron chi connectivity index (χ3n) is 2.70. The van der Waals surface area contributed by atoms with E-state index in [0.29, 0.717) is 18.5 Å². The maximum Gasteiger partial charge on any atom is 0.189 e. The molecule has 2 aromatic heterocycles. The first-order valence-electron chi connectivity index (χ1n) is 6.23. The van der Waals surface area contributed by atoms with Crippen molar-refractivity contribution in [1.29, 1.82) is 0 Å². The molecule has 0 amide bonds. The van der Waals surface area contributed by atoms with Crippen molar-refractivity contribution in [3.8, 4) is 10.8 Å². The van der Waals surface area contributed by atoms with E-state index in [1.165, 1.54) is 0 Å². The van der Waals surface area contributed by atoms with E-state index in [1.54, 1.807) is 17.6 Å². The molecular weight excluding hydrogens is 387 g/mol. The SMILES string of the molecule is CCC(C)NC(N)=NCc1csc(-c2ccco2)n1.I. The number of aromatic nitrogens is 1. The molecule has 2 heterocycles. The van der Waals surface area contributed by atoms with Gasteiger partial charge in [0.2, 0.25) is 0 Å². The predicted octanol–water partition coefficient (Wildman–Crippen LogP) is 3.22. The van der Waals surface area contributed by atoms with E-state index in [2.05, 4.69) is 29.1 Å². The van der Waals surface area contributed by atoms with Gasteiger partial charge in [0.1, 0.15) is 0 Å². The number of nitrogens with zero attached hydrogens (tertiary/aromatic N) is 2. The maximum absolute atomic E-state index is 5.80. The highest BCUT2D eigenvalue weighted by atomic mass is 127. The van der Waals surface area contributed by atoms with Crippen molar-refractivity contribution in [2.45, 2.75) is 32.9 Å². The van der Waals surface area contributed by atoms with Crippen molar-refractivity contribution < 1.29 is 4.42 Å². The highest BCUT2D eigenvalue weighted by molar-refractivity contribution is 14.0. The lowest BCUT2D eigenvalue weighted by Crippen LogP contribution is -2.38. The van der Waals surface area contributed by atoms with E-state index in [9.17, 15) is 0 Å². The fourth-order valence-corrected chi connectivity index (χ4v) is 2.24. The third-order valence-corrected chi connectivity index (χ3v) is 3.61. The molecule has 1 atom stereocenters. The Morgan fingerprint density at radius 2 is 2.40 bits per heavy atom. The van der Waals surface area contributed by atoms with Crippen LogP contribution >= 0.6 is 35.3 Å². The number of nitrogens with one attached hydrogen (secondary N) is 1. The zero-order valence-corrected chi connectivity index (χ0v) is 14.6. The van der Waals surface area contributed by atoms with Gasteiger partial charge >= 0.3 is 0 Å². The average molecular weight is 406 g/mol. The molecule has 20 heavy (non-hydrogen) atoms. The number of rotatable bonds is 5. The van der Waals surface area contributed by atoms with Crippen LogP contribution in [0.25, 0.3) is 10.8 Å². The van der Waals surface area contributed by atoms with E-state index in [4.69, 9.17) is 10.2 Å². The third kappa shape index (κ3) is 4.78. The number of hydrogen-bond donors (Lipinski definition) is 2. The molecule has 0 spiro atoms. The minimum absolute atomic E-state index is 0. The van der Waals surface area contributed by atoms with Gasteiger partial charge in [-0.25, -0.2) is 9.98 Å². The molecule has 0 radical (unpaired) electrons. The number of furan rings is 1. The molecular formula is C13H19IN4OS. The van der Waals surface area contributed by atoms with Crippen LogP contribution in [0.3, 0.4) is 0 Å². The fraction of sp³-hybridized carbons (Fsp3) is 0.385. The highest BCUT2D eigenvalue weighted by Crippen LogP contribution is 2.24. The van der Waals surface area contributed by atoms with E-state index >= 15 is 0 Å². The molecule has 3 N–H and O–H groups in total. The average Bonchev–Trinajstić information content (AvgIpc) is 3.06. The second-order valence-electron chi connectivity index (χ2n) is 4.28. The Bertz CT molecular complexity index is 538. The minimum atomic E-state index is 0. The van der Waals surface area contributed by atoms with Crippen molar-refractivity contribution in [1.82, 2.24) is 10.3 Å². The summed E-state index contributed by atoms with van der Waals surface area (Å²) >= 11 is 1.54. The van der Waals surface area contributed by atoms with Crippen molar-refractivity contribution in [3.05, 3.63) is 29.5 Å². The van der Waals surface area contributed by atoms with Crippen molar-refractivity contribution >= 4 is 41.3 Å². The van der Waals surface area contributed by atoms with Crippen molar-refractivity contribution in [2.24, 2.45) is 10.7 Å². The molecule has 0 aromatic carbocycles. The lowest BCUT2D eigenvalue weighted by atomic mass is 10.3. The normalized spacial score (nSPS) is 12.8. The quantitative estimate of drug-likeness (QED) is 0.454. The van der Waals surface area contributed by atoms with Gasteiger partial charge in [-0.1, -0.05) is 6.92 Å². The zero-order chi connectivity index (χ0) is 13.7. The molecule has 0 aliphatic heterocycles. The molecule has 110 valence electrons. The summed E-state index contributed by atoms with van der Waals surface area (Å²) in [5, 5.41) is 5.95. The summed E-state index contributed by atoms with van der Waals surface area (Å²) in [6.45, 7) is 4.65. The molecule has 0 aliphatic rings. The minimum Gasteiger partial charge on any atom is -0.462 e. The molecule has 0 aliphatic carbocycles. The van der Waals surface area contributed by atoms with Gasteiger partial charge in [0, 0.05) is 11.4 Å². The maximum atomic E-state index is 5.80. The summed E-state index contributed by atoms with van der Waals surface area (Å²) in [6.07, 6.45) is 2.65. The summed E-state index contributed by atoms with van der Waals surface area (Å²) in [5.41, 5.74) is 6.69. The first-order valence-corrected chi connectivity index (χ1v) is 7.11. The standard InChI is InChI=1S/C13H18N4OS.HI/c1-3-9(2)16-13(14)15-7-10-8-19-12(17-10)11-5-4-6-18-11;/h4-6,8-9H,3,7H2,1-2H3,(H3,14,15,16);1H. The lowest BCUT2D eigenvalue weighted by molar-refractivity contribution is 0.581. The monoisotopic (exact) mass is 406 g/mol. The number of aliphatic imine (C=N–C) groups is 1. The predicted molar refractivity (Wildman–Crippen MR) is 93.4 cm³/mol. The number of guanidine groups is 1. The Morgan fingerprint density at radius 1 is 1.60 bits per heavy atom. The lowest BCUT2D eigenvalue weighted by Gasteiger charge is -2.11. The zero-order valence-electron chi connectivity index (χ0n) is 11.5. The van der Waals surface area contributed by atoms with Gasteiger partial charge in [-0.3, -0.25) is 0 Å². The topological polar surface area (TPSA) is 76.4 Å². The molecule has 2 aromatic rings. The molecule has 0 saturated heterocycles. The summed E-state index contributed by atoms with van der Waals surface area (Å²) in [5.74, 6) is 1.24. The van der Waals surface area contributed by atoms with Crippen LogP contribution in [0, 0.1) is 0 Å².